The number of rotatable bonds is 18. The number of benzene rings is 1. The maximum atomic E-state index is 10.9. The second kappa shape index (κ2) is 17.2. The Hall–Kier alpha value is -1.31. The molecule has 0 bridgehead atoms. The Bertz CT molecular complexity index is 778. The maximum Gasteiger partial charge on any atom is 0.259 e. The lowest BCUT2D eigenvalue weighted by Crippen LogP contribution is -2.16. The van der Waals surface area contributed by atoms with E-state index in [4.69, 9.17) is 4.98 Å². The monoisotopic (exact) mass is 504 g/mol. The molecule has 2 aromatic rings. The molecule has 0 amide bonds. The molecule has 0 unspecified atom stereocenters. The van der Waals surface area contributed by atoms with Crippen molar-refractivity contribution in [1.82, 2.24) is 15.0 Å². The molecule has 0 spiro atoms. The normalized spacial score (nSPS) is 11.2. The summed E-state index contributed by atoms with van der Waals surface area (Å²) in [5.41, 5.74) is 2.87. The van der Waals surface area contributed by atoms with Gasteiger partial charge in [0.25, 0.3) is 5.95 Å². The average molecular weight is 505 g/mol. The van der Waals surface area contributed by atoms with Crippen LogP contribution < -0.4 is 5.06 Å². The van der Waals surface area contributed by atoms with Gasteiger partial charge in [0.05, 0.1) is 5.69 Å². The van der Waals surface area contributed by atoms with Crippen LogP contribution in [0.2, 0.25) is 0 Å². The highest BCUT2D eigenvalue weighted by Gasteiger charge is 2.15. The van der Waals surface area contributed by atoms with E-state index in [2.05, 4.69) is 29.9 Å². The van der Waals surface area contributed by atoms with Crippen LogP contribution in [0.3, 0.4) is 0 Å². The number of thioether (sulfide) groups is 2. The molecule has 5 nitrogen and oxygen atoms in total. The van der Waals surface area contributed by atoms with Crippen molar-refractivity contribution in [2.45, 2.75) is 115 Å². The van der Waals surface area contributed by atoms with E-state index in [-0.39, 0.29) is 0 Å². The van der Waals surface area contributed by atoms with Gasteiger partial charge in [-0.25, -0.2) is 0 Å². The molecule has 1 aromatic heterocycles. The minimum atomic E-state index is 0.302. The van der Waals surface area contributed by atoms with Gasteiger partial charge in [-0.15, -0.1) is 0 Å². The molecule has 0 aliphatic heterocycles. The zero-order valence-corrected chi connectivity index (χ0v) is 23.3. The SMILES string of the molecule is CCCCCCCCSc1nc(SCCCCCCCC)nc(N(O)c2cc(C)cc(C)c2)n1. The summed E-state index contributed by atoms with van der Waals surface area (Å²) in [5.74, 6) is 2.29. The van der Waals surface area contributed by atoms with Crippen LogP contribution in [0, 0.1) is 13.8 Å². The number of aromatic nitrogens is 3. The van der Waals surface area contributed by atoms with Crippen LogP contribution in [-0.4, -0.2) is 31.7 Å². The molecule has 7 heteroatoms. The largest absolute Gasteiger partial charge is 0.281 e. The first kappa shape index (κ1) is 28.9. The molecule has 0 radical (unpaired) electrons. The van der Waals surface area contributed by atoms with Crippen molar-refractivity contribution < 1.29 is 5.21 Å². The Kier molecular flexibility index (Phi) is 14.6. The summed E-state index contributed by atoms with van der Waals surface area (Å²) in [6.45, 7) is 8.56. The summed E-state index contributed by atoms with van der Waals surface area (Å²) in [5, 5.41) is 13.4. The summed E-state index contributed by atoms with van der Waals surface area (Å²) in [6.07, 6.45) is 15.3. The Morgan fingerprint density at radius 1 is 0.647 bits per heavy atom. The summed E-state index contributed by atoms with van der Waals surface area (Å²) in [7, 11) is 0. The molecule has 1 N–H and O–H groups in total. The molecule has 0 fully saturated rings. The Morgan fingerprint density at radius 3 is 1.56 bits per heavy atom. The van der Waals surface area contributed by atoms with Crippen LogP contribution in [0.15, 0.2) is 28.5 Å². The van der Waals surface area contributed by atoms with Gasteiger partial charge in [0, 0.05) is 11.5 Å². The van der Waals surface area contributed by atoms with E-state index in [9.17, 15) is 5.21 Å². The Morgan fingerprint density at radius 2 is 1.09 bits per heavy atom. The van der Waals surface area contributed by atoms with Crippen LogP contribution in [0.5, 0.6) is 0 Å². The number of nitrogens with zero attached hydrogens (tertiary/aromatic N) is 4. The minimum absolute atomic E-state index is 0.302. The molecule has 0 aliphatic rings. The predicted octanol–water partition coefficient (Wildman–Crippen LogP) is 8.92. The number of hydrogen-bond donors (Lipinski definition) is 1. The van der Waals surface area contributed by atoms with Crippen LogP contribution in [0.25, 0.3) is 0 Å². The van der Waals surface area contributed by atoms with Gasteiger partial charge in [-0.1, -0.05) is 108 Å². The molecule has 0 atom stereocenters. The van der Waals surface area contributed by atoms with E-state index in [0.29, 0.717) is 21.9 Å². The first-order valence-corrected chi connectivity index (χ1v) is 15.1. The van der Waals surface area contributed by atoms with E-state index in [0.717, 1.165) is 40.5 Å². The highest BCUT2D eigenvalue weighted by atomic mass is 32.2. The van der Waals surface area contributed by atoms with Gasteiger partial charge in [-0.3, -0.25) is 5.21 Å². The highest BCUT2D eigenvalue weighted by Crippen LogP contribution is 2.27. The lowest BCUT2D eigenvalue weighted by atomic mass is 10.1. The second-order valence-electron chi connectivity index (χ2n) is 9.09. The van der Waals surface area contributed by atoms with Crippen molar-refractivity contribution in [3.8, 4) is 0 Å². The lowest BCUT2D eigenvalue weighted by molar-refractivity contribution is 0.291. The van der Waals surface area contributed by atoms with Crippen LogP contribution in [0.1, 0.15) is 102 Å². The molecule has 34 heavy (non-hydrogen) atoms. The van der Waals surface area contributed by atoms with E-state index >= 15 is 0 Å². The number of anilines is 2. The van der Waals surface area contributed by atoms with Gasteiger partial charge in [0.1, 0.15) is 0 Å². The van der Waals surface area contributed by atoms with Gasteiger partial charge in [0.2, 0.25) is 0 Å². The average Bonchev–Trinajstić information content (AvgIpc) is 2.81. The molecule has 1 heterocycles. The third-order valence-electron chi connectivity index (χ3n) is 5.68. The van der Waals surface area contributed by atoms with E-state index < -0.39 is 0 Å². The van der Waals surface area contributed by atoms with Crippen molar-refractivity contribution >= 4 is 35.2 Å². The fraction of sp³-hybridized carbons (Fsp3) is 0.667. The molecular formula is C27H44N4OS2. The standard InChI is InChI=1S/C27H44N4OS2/c1-5-7-9-11-13-15-17-33-26-28-25(31(32)24-20-22(3)19-23(4)21-24)29-27(30-26)34-18-16-14-12-10-8-6-2/h19-21,32H,5-18H2,1-4H3. The Labute approximate surface area is 215 Å². The summed E-state index contributed by atoms with van der Waals surface area (Å²) in [6, 6.07) is 5.99. The summed E-state index contributed by atoms with van der Waals surface area (Å²) >= 11 is 3.34. The van der Waals surface area contributed by atoms with Crippen molar-refractivity contribution in [3.05, 3.63) is 29.3 Å². The molecule has 0 saturated carbocycles. The zero-order chi connectivity index (χ0) is 24.6. The van der Waals surface area contributed by atoms with E-state index in [1.807, 2.05) is 26.0 Å². The van der Waals surface area contributed by atoms with Gasteiger partial charge in [-0.2, -0.15) is 20.0 Å². The number of hydrogen-bond acceptors (Lipinski definition) is 7. The van der Waals surface area contributed by atoms with Crippen molar-refractivity contribution in [2.24, 2.45) is 0 Å². The molecule has 1 aromatic carbocycles. The van der Waals surface area contributed by atoms with Gasteiger partial charge >= 0.3 is 0 Å². The fourth-order valence-corrected chi connectivity index (χ4v) is 5.55. The van der Waals surface area contributed by atoms with Crippen molar-refractivity contribution in [1.29, 1.82) is 0 Å². The van der Waals surface area contributed by atoms with Gasteiger partial charge < -0.3 is 0 Å². The topological polar surface area (TPSA) is 62.1 Å². The number of unbranched alkanes of at least 4 members (excludes halogenated alkanes) is 10. The maximum absolute atomic E-state index is 10.9. The van der Waals surface area contributed by atoms with E-state index in [1.54, 1.807) is 23.5 Å². The Balaban J connectivity index is 2.02. The summed E-state index contributed by atoms with van der Waals surface area (Å²) in [4.78, 5) is 13.9. The van der Waals surface area contributed by atoms with Crippen LogP contribution in [0.4, 0.5) is 11.6 Å². The first-order valence-electron chi connectivity index (χ1n) is 13.1. The quantitative estimate of drug-likeness (QED) is 0.123. The van der Waals surface area contributed by atoms with Crippen LogP contribution in [-0.2, 0) is 0 Å². The second-order valence-corrected chi connectivity index (χ2v) is 11.2. The third-order valence-corrected chi connectivity index (χ3v) is 7.55. The smallest absolute Gasteiger partial charge is 0.259 e. The van der Waals surface area contributed by atoms with Gasteiger partial charge in [0.15, 0.2) is 10.3 Å². The predicted molar refractivity (Wildman–Crippen MR) is 148 cm³/mol. The minimum Gasteiger partial charge on any atom is -0.281 e. The van der Waals surface area contributed by atoms with E-state index in [1.165, 1.54) is 64.2 Å². The zero-order valence-electron chi connectivity index (χ0n) is 21.7. The van der Waals surface area contributed by atoms with Crippen LogP contribution >= 0.6 is 23.5 Å². The van der Waals surface area contributed by atoms with Crippen molar-refractivity contribution in [2.75, 3.05) is 16.6 Å². The first-order chi connectivity index (χ1) is 16.5. The van der Waals surface area contributed by atoms with Crippen molar-refractivity contribution in [3.63, 3.8) is 0 Å². The molecule has 2 rings (SSSR count). The third kappa shape index (κ3) is 11.4. The fourth-order valence-electron chi connectivity index (χ4n) is 3.83. The highest BCUT2D eigenvalue weighted by molar-refractivity contribution is 7.99. The molecule has 0 aliphatic carbocycles. The molecular weight excluding hydrogens is 460 g/mol. The molecule has 190 valence electrons. The lowest BCUT2D eigenvalue weighted by Gasteiger charge is -2.17. The van der Waals surface area contributed by atoms with Gasteiger partial charge in [-0.05, 0) is 49.9 Å². The molecule has 0 saturated heterocycles. The summed E-state index contributed by atoms with van der Waals surface area (Å²) < 4.78 is 0. The number of aryl methyl sites for hydroxylation is 2.